The van der Waals surface area contributed by atoms with E-state index in [0.717, 1.165) is 24.3 Å². The van der Waals surface area contributed by atoms with Gasteiger partial charge >= 0.3 is 0 Å². The highest BCUT2D eigenvalue weighted by atomic mass is 35.5. The Labute approximate surface area is 135 Å². The lowest BCUT2D eigenvalue weighted by atomic mass is 10.1. The maximum Gasteiger partial charge on any atom is 0.231 e. The van der Waals surface area contributed by atoms with Crippen LogP contribution in [0.3, 0.4) is 0 Å². The van der Waals surface area contributed by atoms with Crippen molar-refractivity contribution < 1.29 is 0 Å². The summed E-state index contributed by atoms with van der Waals surface area (Å²) in [5.41, 5.74) is 0. The van der Waals surface area contributed by atoms with Crippen LogP contribution in [0, 0.1) is 0 Å². The molecule has 2 heterocycles. The van der Waals surface area contributed by atoms with E-state index in [1.165, 1.54) is 38.5 Å². The molecule has 0 bridgehead atoms. The van der Waals surface area contributed by atoms with E-state index in [0.29, 0.717) is 12.0 Å². The third-order valence-corrected chi connectivity index (χ3v) is 5.55. The first kappa shape index (κ1) is 15.2. The fourth-order valence-corrected chi connectivity index (χ4v) is 4.06. The van der Waals surface area contributed by atoms with E-state index in [9.17, 15) is 0 Å². The molecule has 1 aromatic rings. The topological polar surface area (TPSA) is 53.9 Å². The highest BCUT2D eigenvalue weighted by Gasteiger charge is 2.25. The molecule has 2 fully saturated rings. The van der Waals surface area contributed by atoms with Crippen LogP contribution in [0.4, 0.5) is 11.9 Å². The van der Waals surface area contributed by atoms with E-state index in [-0.39, 0.29) is 5.28 Å². The molecule has 0 aromatic carbocycles. The van der Waals surface area contributed by atoms with E-state index in [4.69, 9.17) is 11.6 Å². The molecule has 2 aliphatic rings. The molecule has 0 spiro atoms. The lowest BCUT2D eigenvalue weighted by molar-refractivity contribution is 0.567. The van der Waals surface area contributed by atoms with Crippen LogP contribution in [-0.4, -0.2) is 45.6 Å². The second-order valence-electron chi connectivity index (χ2n) is 5.79. The van der Waals surface area contributed by atoms with Crippen molar-refractivity contribution in [2.75, 3.05) is 29.6 Å². The molecule has 1 saturated heterocycles. The first-order valence-corrected chi connectivity index (χ1v) is 9.37. The normalized spacial score (nSPS) is 26.1. The highest BCUT2D eigenvalue weighted by Crippen LogP contribution is 2.30. The maximum atomic E-state index is 6.08. The number of thioether (sulfide) groups is 1. The first-order chi connectivity index (χ1) is 10.2. The van der Waals surface area contributed by atoms with Gasteiger partial charge < -0.3 is 10.2 Å². The van der Waals surface area contributed by atoms with Crippen LogP contribution < -0.4 is 10.2 Å². The van der Waals surface area contributed by atoms with E-state index in [2.05, 4.69) is 31.4 Å². The average Bonchev–Trinajstić information content (AvgIpc) is 2.95. The molecule has 1 aliphatic carbocycles. The molecular formula is C14H22ClN5S. The molecule has 5 nitrogen and oxygen atoms in total. The number of nitrogens with one attached hydrogen (secondary N) is 1. The van der Waals surface area contributed by atoms with Gasteiger partial charge in [0.25, 0.3) is 0 Å². The minimum absolute atomic E-state index is 0.285. The summed E-state index contributed by atoms with van der Waals surface area (Å²) in [6.07, 6.45) is 9.47. The molecule has 0 amide bonds. The zero-order chi connectivity index (χ0) is 14.7. The maximum absolute atomic E-state index is 6.08. The summed E-state index contributed by atoms with van der Waals surface area (Å²) in [7, 11) is 0. The molecule has 21 heavy (non-hydrogen) atoms. The summed E-state index contributed by atoms with van der Waals surface area (Å²) in [5, 5.41) is 4.47. The number of hydrogen-bond donors (Lipinski definition) is 1. The summed E-state index contributed by atoms with van der Waals surface area (Å²) < 4.78 is 0. The minimum Gasteiger partial charge on any atom is -0.351 e. The second-order valence-corrected chi connectivity index (χ2v) is 7.26. The molecule has 116 valence electrons. The van der Waals surface area contributed by atoms with Crippen molar-refractivity contribution in [1.29, 1.82) is 0 Å². The van der Waals surface area contributed by atoms with Gasteiger partial charge in [0.2, 0.25) is 17.2 Å². The van der Waals surface area contributed by atoms with Crippen molar-refractivity contribution in [3.63, 3.8) is 0 Å². The Morgan fingerprint density at radius 1 is 1.14 bits per heavy atom. The zero-order valence-corrected chi connectivity index (χ0v) is 14.0. The number of rotatable bonds is 4. The fourth-order valence-electron chi connectivity index (χ4n) is 3.11. The van der Waals surface area contributed by atoms with E-state index in [1.807, 2.05) is 11.8 Å². The lowest BCUT2D eigenvalue weighted by Gasteiger charge is -2.26. The molecule has 3 rings (SSSR count). The van der Waals surface area contributed by atoms with Crippen molar-refractivity contribution in [2.45, 2.75) is 49.8 Å². The predicted octanol–water partition coefficient (Wildman–Crippen LogP) is 3.21. The summed E-state index contributed by atoms with van der Waals surface area (Å²) >= 11 is 8.03. The summed E-state index contributed by atoms with van der Waals surface area (Å²) in [6, 6.07) is 0.454. The van der Waals surface area contributed by atoms with Crippen LogP contribution in [-0.2, 0) is 0 Å². The highest BCUT2D eigenvalue weighted by molar-refractivity contribution is 7.99. The van der Waals surface area contributed by atoms with Gasteiger partial charge in [-0.2, -0.15) is 26.7 Å². The number of piperidine rings is 1. The van der Waals surface area contributed by atoms with Gasteiger partial charge in [-0.1, -0.05) is 0 Å². The van der Waals surface area contributed by atoms with Gasteiger partial charge in [-0.05, 0) is 56.4 Å². The standard InChI is InChI=1S/C14H22ClN5S/c1-21-11-6-5-10(9-11)16-13-17-12(15)18-14(19-13)20-7-3-2-4-8-20/h10-11H,2-9H2,1H3,(H,16,17,18,19). The Hall–Kier alpha value is -0.750. The molecule has 7 heteroatoms. The number of nitrogens with zero attached hydrogens (tertiary/aromatic N) is 4. The van der Waals surface area contributed by atoms with Gasteiger partial charge in [-0.3, -0.25) is 0 Å². The summed E-state index contributed by atoms with van der Waals surface area (Å²) in [6.45, 7) is 2.02. The molecule has 1 aromatic heterocycles. The van der Waals surface area contributed by atoms with Gasteiger partial charge in [0.05, 0.1) is 0 Å². The zero-order valence-electron chi connectivity index (χ0n) is 12.4. The van der Waals surface area contributed by atoms with Crippen LogP contribution >= 0.6 is 23.4 Å². The quantitative estimate of drug-likeness (QED) is 0.916. The van der Waals surface area contributed by atoms with Crippen molar-refractivity contribution in [2.24, 2.45) is 0 Å². The predicted molar refractivity (Wildman–Crippen MR) is 89.5 cm³/mol. The summed E-state index contributed by atoms with van der Waals surface area (Å²) in [5.74, 6) is 1.35. The largest absolute Gasteiger partial charge is 0.351 e. The number of aromatic nitrogens is 3. The number of anilines is 2. The molecule has 2 unspecified atom stereocenters. The van der Waals surface area contributed by atoms with E-state index >= 15 is 0 Å². The van der Waals surface area contributed by atoms with E-state index < -0.39 is 0 Å². The van der Waals surface area contributed by atoms with Crippen LogP contribution in [0.15, 0.2) is 0 Å². The molecule has 1 saturated carbocycles. The molecule has 1 N–H and O–H groups in total. The van der Waals surface area contributed by atoms with Crippen LogP contribution in [0.25, 0.3) is 0 Å². The SMILES string of the molecule is CSC1CCC(Nc2nc(Cl)nc(N3CCCCC3)n2)C1. The Morgan fingerprint density at radius 3 is 2.67 bits per heavy atom. The molecule has 0 radical (unpaired) electrons. The van der Waals surface area contributed by atoms with Crippen molar-refractivity contribution in [3.05, 3.63) is 5.28 Å². The third-order valence-electron chi connectivity index (χ3n) is 4.29. The van der Waals surface area contributed by atoms with Gasteiger partial charge in [0, 0.05) is 24.4 Å². The Morgan fingerprint density at radius 2 is 1.95 bits per heavy atom. The molecule has 1 aliphatic heterocycles. The third kappa shape index (κ3) is 3.92. The van der Waals surface area contributed by atoms with Gasteiger partial charge in [-0.15, -0.1) is 0 Å². The Balaban J connectivity index is 1.69. The minimum atomic E-state index is 0.285. The van der Waals surface area contributed by atoms with Gasteiger partial charge in [0.1, 0.15) is 0 Å². The average molecular weight is 328 g/mol. The van der Waals surface area contributed by atoms with Crippen molar-refractivity contribution in [3.8, 4) is 0 Å². The smallest absolute Gasteiger partial charge is 0.231 e. The van der Waals surface area contributed by atoms with Crippen LogP contribution in [0.2, 0.25) is 5.28 Å². The van der Waals surface area contributed by atoms with Gasteiger partial charge in [-0.25, -0.2) is 0 Å². The number of hydrogen-bond acceptors (Lipinski definition) is 6. The monoisotopic (exact) mass is 327 g/mol. The summed E-state index contributed by atoms with van der Waals surface area (Å²) in [4.78, 5) is 15.3. The van der Waals surface area contributed by atoms with Crippen molar-refractivity contribution >= 4 is 35.3 Å². The fraction of sp³-hybridized carbons (Fsp3) is 0.786. The van der Waals surface area contributed by atoms with Crippen LogP contribution in [0.5, 0.6) is 0 Å². The Bertz CT molecular complexity index is 480. The number of halogens is 1. The Kier molecular flexibility index (Phi) is 5.06. The van der Waals surface area contributed by atoms with Crippen molar-refractivity contribution in [1.82, 2.24) is 15.0 Å². The van der Waals surface area contributed by atoms with Crippen LogP contribution in [0.1, 0.15) is 38.5 Å². The lowest BCUT2D eigenvalue weighted by Crippen LogP contribution is -2.31. The van der Waals surface area contributed by atoms with Gasteiger partial charge in [0.15, 0.2) is 0 Å². The first-order valence-electron chi connectivity index (χ1n) is 7.70. The molecular weight excluding hydrogens is 306 g/mol. The molecule has 2 atom stereocenters. The van der Waals surface area contributed by atoms with E-state index in [1.54, 1.807) is 0 Å². The second kappa shape index (κ2) is 7.01.